The number of hydrogen-bond acceptors (Lipinski definition) is 4. The summed E-state index contributed by atoms with van der Waals surface area (Å²) in [6.45, 7) is 4.72. The highest BCUT2D eigenvalue weighted by atomic mass is 35.5. The second-order valence-corrected chi connectivity index (χ2v) is 9.57. The Balaban J connectivity index is 1.42. The molecule has 1 aliphatic heterocycles. The highest BCUT2D eigenvalue weighted by molar-refractivity contribution is 6.35. The van der Waals surface area contributed by atoms with Crippen LogP contribution in [0.2, 0.25) is 10.0 Å². The minimum Gasteiger partial charge on any atom is -0.310 e. The molecule has 0 unspecified atom stereocenters. The summed E-state index contributed by atoms with van der Waals surface area (Å²) in [6.07, 6.45) is 6.30. The van der Waals surface area contributed by atoms with Gasteiger partial charge < -0.3 is 4.98 Å². The van der Waals surface area contributed by atoms with Crippen molar-refractivity contribution < 1.29 is 0 Å². The zero-order valence-electron chi connectivity index (χ0n) is 16.9. The van der Waals surface area contributed by atoms with Gasteiger partial charge in [0, 0.05) is 35.6 Å². The monoisotopic (exact) mass is 445 g/mol. The maximum Gasteiger partial charge on any atom is 0.262 e. The molecule has 0 amide bonds. The van der Waals surface area contributed by atoms with Gasteiger partial charge in [-0.25, -0.2) is 9.67 Å². The fourth-order valence-corrected chi connectivity index (χ4v) is 5.46. The van der Waals surface area contributed by atoms with Crippen LogP contribution >= 0.6 is 23.2 Å². The predicted molar refractivity (Wildman–Crippen MR) is 119 cm³/mol. The smallest absolute Gasteiger partial charge is 0.262 e. The molecule has 3 heterocycles. The van der Waals surface area contributed by atoms with Crippen LogP contribution in [0.4, 0.5) is 0 Å². The molecular weight excluding hydrogens is 421 g/mol. The fraction of sp³-hybridized carbons (Fsp3) is 0.500. The van der Waals surface area contributed by atoms with Crippen molar-refractivity contribution in [2.24, 2.45) is 5.92 Å². The van der Waals surface area contributed by atoms with Crippen molar-refractivity contribution in [1.82, 2.24) is 24.6 Å². The first-order valence-corrected chi connectivity index (χ1v) is 11.4. The van der Waals surface area contributed by atoms with E-state index in [2.05, 4.69) is 21.9 Å². The number of nitrogens with one attached hydrogen (secondary N) is 1. The Morgan fingerprint density at radius 2 is 2.00 bits per heavy atom. The number of likely N-dealkylation sites (tertiary alicyclic amines) is 1. The number of fused-ring (bicyclic) bond motifs is 1. The van der Waals surface area contributed by atoms with Gasteiger partial charge in [0.15, 0.2) is 5.65 Å². The summed E-state index contributed by atoms with van der Waals surface area (Å²) in [5.41, 5.74) is 1.70. The SMILES string of the molecule is C[C@@H]1CN(Cc2ccc(Cl)cc2Cl)C[C@H]1c1nc2c(cnn2C2CCCC2)c(=O)[nH]1. The Morgan fingerprint density at radius 3 is 2.77 bits per heavy atom. The maximum atomic E-state index is 12.7. The Bertz CT molecular complexity index is 1130. The number of aromatic nitrogens is 4. The zero-order chi connectivity index (χ0) is 20.8. The van der Waals surface area contributed by atoms with Crippen molar-refractivity contribution in [2.45, 2.75) is 51.1 Å². The summed E-state index contributed by atoms with van der Waals surface area (Å²) in [4.78, 5) is 23.1. The van der Waals surface area contributed by atoms with Crippen LogP contribution in [0.5, 0.6) is 0 Å². The van der Waals surface area contributed by atoms with E-state index in [0.29, 0.717) is 27.4 Å². The Hall–Kier alpha value is -1.89. The first-order valence-electron chi connectivity index (χ1n) is 10.6. The molecule has 30 heavy (non-hydrogen) atoms. The Kier molecular flexibility index (Phi) is 5.33. The predicted octanol–water partition coefficient (Wildman–Crippen LogP) is 4.78. The van der Waals surface area contributed by atoms with Crippen molar-refractivity contribution in [3.8, 4) is 0 Å². The summed E-state index contributed by atoms with van der Waals surface area (Å²) >= 11 is 12.4. The van der Waals surface area contributed by atoms with E-state index in [1.54, 1.807) is 12.3 Å². The van der Waals surface area contributed by atoms with Gasteiger partial charge in [-0.3, -0.25) is 9.69 Å². The molecule has 6 nitrogen and oxygen atoms in total. The van der Waals surface area contributed by atoms with Crippen LogP contribution in [0.1, 0.15) is 56.0 Å². The molecule has 2 fully saturated rings. The van der Waals surface area contributed by atoms with Crippen molar-refractivity contribution in [1.29, 1.82) is 0 Å². The van der Waals surface area contributed by atoms with Crippen LogP contribution in [-0.4, -0.2) is 37.7 Å². The summed E-state index contributed by atoms with van der Waals surface area (Å²) in [5.74, 6) is 1.31. The third kappa shape index (κ3) is 3.66. The molecule has 3 aromatic rings. The van der Waals surface area contributed by atoms with Crippen molar-refractivity contribution in [3.05, 3.63) is 56.2 Å². The first-order chi connectivity index (χ1) is 14.5. The molecule has 0 radical (unpaired) electrons. The van der Waals surface area contributed by atoms with E-state index >= 15 is 0 Å². The van der Waals surface area contributed by atoms with Gasteiger partial charge >= 0.3 is 0 Å². The largest absolute Gasteiger partial charge is 0.310 e. The molecule has 2 atom stereocenters. The van der Waals surface area contributed by atoms with E-state index in [1.807, 2.05) is 16.8 Å². The third-order valence-electron chi connectivity index (χ3n) is 6.60. The van der Waals surface area contributed by atoms with Gasteiger partial charge in [-0.15, -0.1) is 0 Å². The average Bonchev–Trinajstić information content (AvgIpc) is 3.43. The van der Waals surface area contributed by atoms with Crippen molar-refractivity contribution >= 4 is 34.2 Å². The van der Waals surface area contributed by atoms with Gasteiger partial charge in [0.2, 0.25) is 0 Å². The van der Waals surface area contributed by atoms with E-state index in [9.17, 15) is 4.79 Å². The molecule has 158 valence electrons. The second kappa shape index (κ2) is 7.98. The average molecular weight is 446 g/mol. The number of halogens is 2. The van der Waals surface area contributed by atoms with Crippen molar-refractivity contribution in [2.75, 3.05) is 13.1 Å². The van der Waals surface area contributed by atoms with E-state index < -0.39 is 0 Å². The molecule has 1 aromatic carbocycles. The lowest BCUT2D eigenvalue weighted by atomic mass is 9.97. The van der Waals surface area contributed by atoms with E-state index in [0.717, 1.165) is 49.5 Å². The molecule has 2 aliphatic rings. The first kappa shape index (κ1) is 20.0. The highest BCUT2D eigenvalue weighted by Crippen LogP contribution is 2.34. The summed E-state index contributed by atoms with van der Waals surface area (Å²) < 4.78 is 1.98. The summed E-state index contributed by atoms with van der Waals surface area (Å²) in [6, 6.07) is 5.99. The van der Waals surface area contributed by atoms with E-state index in [-0.39, 0.29) is 11.5 Å². The quantitative estimate of drug-likeness (QED) is 0.627. The molecule has 2 aromatic heterocycles. The maximum absolute atomic E-state index is 12.7. The Labute approximate surface area is 185 Å². The molecule has 1 aliphatic carbocycles. The molecule has 5 rings (SSSR count). The molecular formula is C22H25Cl2N5O. The summed E-state index contributed by atoms with van der Waals surface area (Å²) in [5, 5.41) is 6.43. The fourth-order valence-electron chi connectivity index (χ4n) is 4.99. The number of aromatic amines is 1. The molecule has 1 N–H and O–H groups in total. The third-order valence-corrected chi connectivity index (χ3v) is 7.19. The normalized spacial score (nSPS) is 23.0. The minimum atomic E-state index is -0.0920. The molecule has 1 saturated heterocycles. The highest BCUT2D eigenvalue weighted by Gasteiger charge is 2.33. The van der Waals surface area contributed by atoms with Crippen LogP contribution < -0.4 is 5.56 Å². The van der Waals surface area contributed by atoms with Gasteiger partial charge in [0.25, 0.3) is 5.56 Å². The molecule has 0 spiro atoms. The number of benzene rings is 1. The molecule has 0 bridgehead atoms. The molecule has 1 saturated carbocycles. The lowest BCUT2D eigenvalue weighted by Gasteiger charge is -2.17. The minimum absolute atomic E-state index is 0.0920. The van der Waals surface area contributed by atoms with Gasteiger partial charge in [-0.2, -0.15) is 5.10 Å². The lowest BCUT2D eigenvalue weighted by Crippen LogP contribution is -2.22. The Morgan fingerprint density at radius 1 is 1.20 bits per heavy atom. The van der Waals surface area contributed by atoms with Crippen LogP contribution in [0, 0.1) is 5.92 Å². The number of hydrogen-bond donors (Lipinski definition) is 1. The van der Waals surface area contributed by atoms with Crippen LogP contribution in [0.15, 0.2) is 29.2 Å². The zero-order valence-corrected chi connectivity index (χ0v) is 18.5. The topological polar surface area (TPSA) is 66.8 Å². The van der Waals surface area contributed by atoms with Crippen LogP contribution in [-0.2, 0) is 6.54 Å². The standard InChI is InChI=1S/C22H25Cl2N5O/c1-13-10-28(11-14-6-7-15(23)8-19(14)24)12-18(13)20-26-21-17(22(30)27-20)9-25-29(21)16-4-2-3-5-16/h6-9,13,16,18H,2-5,10-12H2,1H3,(H,26,27,30)/t13-,18-/m1/s1. The lowest BCUT2D eigenvalue weighted by molar-refractivity contribution is 0.318. The van der Waals surface area contributed by atoms with Gasteiger partial charge in [-0.05, 0) is 36.5 Å². The number of H-pyrrole nitrogens is 1. The molecule has 8 heteroatoms. The van der Waals surface area contributed by atoms with Crippen LogP contribution in [0.25, 0.3) is 11.0 Å². The van der Waals surface area contributed by atoms with Gasteiger partial charge in [0.05, 0.1) is 12.2 Å². The second-order valence-electron chi connectivity index (χ2n) is 8.73. The van der Waals surface area contributed by atoms with Crippen molar-refractivity contribution in [3.63, 3.8) is 0 Å². The van der Waals surface area contributed by atoms with Crippen LogP contribution in [0.3, 0.4) is 0 Å². The van der Waals surface area contributed by atoms with Gasteiger partial charge in [-0.1, -0.05) is 49.0 Å². The van der Waals surface area contributed by atoms with E-state index in [4.69, 9.17) is 28.2 Å². The van der Waals surface area contributed by atoms with E-state index in [1.165, 1.54) is 12.8 Å². The number of rotatable bonds is 4. The number of nitrogens with zero attached hydrogens (tertiary/aromatic N) is 4. The van der Waals surface area contributed by atoms with Gasteiger partial charge in [0.1, 0.15) is 11.2 Å². The summed E-state index contributed by atoms with van der Waals surface area (Å²) in [7, 11) is 0.